The van der Waals surface area contributed by atoms with Gasteiger partial charge < -0.3 is 30.5 Å². The topological polar surface area (TPSA) is 41.1 Å². The Hall–Kier alpha value is -2.81. The van der Waals surface area contributed by atoms with Gasteiger partial charge in [0.15, 0.2) is 5.57 Å². The zero-order chi connectivity index (χ0) is 29.4. The average molecular weight is 741 g/mol. The van der Waals surface area contributed by atoms with Gasteiger partial charge in [0, 0.05) is 67.0 Å². The number of benzene rings is 2. The second-order valence-corrected chi connectivity index (χ2v) is 11.8. The quantitative estimate of drug-likeness (QED) is 0.167. The van der Waals surface area contributed by atoms with E-state index in [9.17, 15) is 0 Å². The molecule has 1 heterocycles. The monoisotopic (exact) mass is 742 g/mol. The molecule has 0 N–H and O–H groups in total. The molecular weight excluding hydrogens is 689 g/mol. The summed E-state index contributed by atoms with van der Waals surface area (Å²) in [5.74, 6) is 1.97. The minimum Gasteiger partial charge on any atom is -0.659 e. The van der Waals surface area contributed by atoms with Gasteiger partial charge in [-0.05, 0) is 94.1 Å². The van der Waals surface area contributed by atoms with Crippen molar-refractivity contribution in [1.82, 2.24) is 4.98 Å². The molecule has 3 aromatic rings. The molecular formula is C39H52HfN3-3. The molecule has 0 atom stereocenters. The standard InChI is InChI=1S/C19H23N.C18H23N2.2CH3.Hf/c1-13(2)12-20-18-8-6-7-17(11-18)19-15(4)9-14(3)10-16(19)5;1-12(2)11-19-17-8-6-7-16(20-17)18-14(4)9-13(3)10-15(18)5;;;/h6-10,13H,12H2,1-5H3;6-10,12H,11H2,1-5H3;2*1H3;/q;3*-1;. The third-order valence-corrected chi connectivity index (χ3v) is 6.64. The number of aromatic nitrogens is 1. The molecule has 0 saturated heterocycles. The minimum atomic E-state index is 0. The normalized spacial score (nSPS) is 11.5. The van der Waals surface area contributed by atoms with Crippen LogP contribution in [0.25, 0.3) is 27.5 Å². The summed E-state index contributed by atoms with van der Waals surface area (Å²) in [5, 5.41) is 9.17. The maximum atomic E-state index is 4.70. The summed E-state index contributed by atoms with van der Waals surface area (Å²) in [5.41, 5.74) is 13.4. The first kappa shape index (κ1) is 40.2. The Balaban J connectivity index is 0.000000767. The fourth-order valence-corrected chi connectivity index (χ4v) is 5.09. The van der Waals surface area contributed by atoms with E-state index >= 15 is 0 Å². The summed E-state index contributed by atoms with van der Waals surface area (Å²) in [4.78, 5) is 4.70. The molecule has 230 valence electrons. The Bertz CT molecular complexity index is 1360. The van der Waals surface area contributed by atoms with Gasteiger partial charge in [0.05, 0.1) is 5.56 Å². The van der Waals surface area contributed by atoms with Crippen molar-refractivity contribution in [2.75, 3.05) is 13.1 Å². The molecule has 4 heteroatoms. The summed E-state index contributed by atoms with van der Waals surface area (Å²) in [6, 6.07) is 15.0. The molecule has 1 aliphatic carbocycles. The van der Waals surface area contributed by atoms with Gasteiger partial charge in [-0.15, -0.1) is 6.54 Å². The molecule has 1 aromatic heterocycles. The Kier molecular flexibility index (Phi) is 17.5. The van der Waals surface area contributed by atoms with Crippen LogP contribution in [0.4, 0.5) is 5.82 Å². The van der Waals surface area contributed by atoms with Crippen LogP contribution in [-0.4, -0.2) is 18.1 Å². The van der Waals surface area contributed by atoms with Crippen LogP contribution in [0.3, 0.4) is 0 Å². The van der Waals surface area contributed by atoms with Crippen molar-refractivity contribution in [3.8, 4) is 11.3 Å². The van der Waals surface area contributed by atoms with Crippen molar-refractivity contribution in [2.45, 2.75) is 69.2 Å². The summed E-state index contributed by atoms with van der Waals surface area (Å²) >= 11 is 0. The summed E-state index contributed by atoms with van der Waals surface area (Å²) in [6.07, 6.45) is 9.68. The first-order chi connectivity index (χ1) is 18.9. The van der Waals surface area contributed by atoms with Gasteiger partial charge in [-0.3, -0.25) is 0 Å². The smallest absolute Gasteiger partial charge is 0.154 e. The average Bonchev–Trinajstić information content (AvgIpc) is 2.86. The molecule has 0 unspecified atom stereocenters. The zero-order valence-corrected chi connectivity index (χ0v) is 32.3. The van der Waals surface area contributed by atoms with E-state index in [4.69, 9.17) is 4.98 Å². The van der Waals surface area contributed by atoms with Crippen molar-refractivity contribution >= 4 is 11.4 Å². The van der Waals surface area contributed by atoms with E-state index in [-0.39, 0.29) is 40.7 Å². The van der Waals surface area contributed by atoms with E-state index in [0.717, 1.165) is 35.9 Å². The predicted octanol–water partition coefficient (Wildman–Crippen LogP) is 11.5. The first-order valence-corrected chi connectivity index (χ1v) is 14.5. The molecule has 2 aromatic carbocycles. The summed E-state index contributed by atoms with van der Waals surface area (Å²) in [6.45, 7) is 23.3. The number of pyridine rings is 1. The number of aryl methyl sites for hydroxylation is 6. The van der Waals surface area contributed by atoms with Crippen LogP contribution in [0.1, 0.15) is 66.6 Å². The molecule has 3 nitrogen and oxygen atoms in total. The first-order valence-electron chi connectivity index (χ1n) is 14.5. The Morgan fingerprint density at radius 3 is 1.70 bits per heavy atom. The van der Waals surface area contributed by atoms with Crippen molar-refractivity contribution in [3.05, 3.63) is 137 Å². The number of nitrogens with zero attached hydrogens (tertiary/aromatic N) is 3. The third kappa shape index (κ3) is 12.0. The van der Waals surface area contributed by atoms with Gasteiger partial charge in [0.1, 0.15) is 0 Å². The largest absolute Gasteiger partial charge is 0.659 e. The molecule has 0 saturated carbocycles. The minimum absolute atomic E-state index is 0. The van der Waals surface area contributed by atoms with Crippen LogP contribution in [0, 0.1) is 74.3 Å². The third-order valence-electron chi connectivity index (χ3n) is 6.64. The maximum absolute atomic E-state index is 4.70. The summed E-state index contributed by atoms with van der Waals surface area (Å²) in [7, 11) is 0. The molecule has 0 spiro atoms. The zero-order valence-electron chi connectivity index (χ0n) is 28.7. The van der Waals surface area contributed by atoms with Crippen LogP contribution < -0.4 is 0 Å². The van der Waals surface area contributed by atoms with E-state index in [2.05, 4.69) is 128 Å². The second kappa shape index (κ2) is 18.8. The molecule has 0 aliphatic heterocycles. The van der Waals surface area contributed by atoms with Crippen LogP contribution in [0.15, 0.2) is 66.4 Å². The van der Waals surface area contributed by atoms with Crippen LogP contribution in [-0.2, 0) is 25.8 Å². The van der Waals surface area contributed by atoms with Crippen molar-refractivity contribution < 1.29 is 25.8 Å². The Labute approximate surface area is 283 Å². The van der Waals surface area contributed by atoms with E-state index < -0.39 is 0 Å². The Morgan fingerprint density at radius 2 is 1.19 bits per heavy atom. The van der Waals surface area contributed by atoms with Gasteiger partial charge in [0.25, 0.3) is 0 Å². The van der Waals surface area contributed by atoms with Gasteiger partial charge >= 0.3 is 0 Å². The van der Waals surface area contributed by atoms with E-state index in [0.29, 0.717) is 11.8 Å². The van der Waals surface area contributed by atoms with Crippen LogP contribution in [0.5, 0.6) is 0 Å². The summed E-state index contributed by atoms with van der Waals surface area (Å²) < 4.78 is 0. The molecule has 0 radical (unpaired) electrons. The predicted molar refractivity (Wildman–Crippen MR) is 187 cm³/mol. The van der Waals surface area contributed by atoms with Gasteiger partial charge in [-0.1, -0.05) is 75.3 Å². The molecule has 0 amide bonds. The Morgan fingerprint density at radius 1 is 0.698 bits per heavy atom. The molecule has 4 rings (SSSR count). The van der Waals surface area contributed by atoms with E-state index in [1.807, 2.05) is 18.2 Å². The fourth-order valence-electron chi connectivity index (χ4n) is 5.09. The molecule has 1 aliphatic rings. The molecule has 0 fully saturated rings. The van der Waals surface area contributed by atoms with Crippen molar-refractivity contribution in [2.24, 2.45) is 11.8 Å². The van der Waals surface area contributed by atoms with Crippen LogP contribution >= 0.6 is 0 Å². The fraction of sp³-hybridized carbons (Fsp3) is 0.359. The maximum Gasteiger partial charge on any atom is 0.154 e. The van der Waals surface area contributed by atoms with Gasteiger partial charge in [-0.2, -0.15) is 0 Å². The SMILES string of the molecule is Cc1cc(C)c(-c2cccc([N-]CC(C)C)n2)c(C)c1.Cc1cc(C)c(C2=[C+]C([N-]CC(C)C)=CC=C2)c(C)c1.[CH3-].[CH3-].[Hf]. The van der Waals surface area contributed by atoms with Gasteiger partial charge in [0.2, 0.25) is 0 Å². The van der Waals surface area contributed by atoms with E-state index in [1.165, 1.54) is 44.5 Å². The molecule has 0 bridgehead atoms. The van der Waals surface area contributed by atoms with Gasteiger partial charge in [-0.25, -0.2) is 0 Å². The van der Waals surface area contributed by atoms with Crippen molar-refractivity contribution in [1.29, 1.82) is 0 Å². The number of hydrogen-bond acceptors (Lipinski definition) is 1. The number of rotatable bonds is 8. The number of hydrogen-bond donors (Lipinski definition) is 0. The molecule has 43 heavy (non-hydrogen) atoms. The number of allylic oxidation sites excluding steroid dienone is 5. The van der Waals surface area contributed by atoms with Crippen molar-refractivity contribution in [3.63, 3.8) is 0 Å². The van der Waals surface area contributed by atoms with Crippen LogP contribution in [0.2, 0.25) is 0 Å². The van der Waals surface area contributed by atoms with E-state index in [1.54, 1.807) is 0 Å². The second-order valence-electron chi connectivity index (χ2n) is 11.8.